The summed E-state index contributed by atoms with van der Waals surface area (Å²) >= 11 is 0. The average Bonchev–Trinajstić information content (AvgIpc) is 2.65. The van der Waals surface area contributed by atoms with E-state index in [0.29, 0.717) is 18.0 Å². The van der Waals surface area contributed by atoms with E-state index in [0.717, 1.165) is 5.56 Å². The first-order chi connectivity index (χ1) is 7.27. The Balaban J connectivity index is 2.00. The molecule has 2 rings (SSSR count). The lowest BCUT2D eigenvalue weighted by Crippen LogP contribution is -2.20. The molecule has 0 radical (unpaired) electrons. The molecule has 1 aliphatic rings. The quantitative estimate of drug-likeness (QED) is 0.830. The highest BCUT2D eigenvalue weighted by molar-refractivity contribution is 5.48. The Morgan fingerprint density at radius 1 is 1.33 bits per heavy atom. The summed E-state index contributed by atoms with van der Waals surface area (Å²) in [5, 5.41) is 2.65. The summed E-state index contributed by atoms with van der Waals surface area (Å²) in [5.41, 5.74) is 0.839. The van der Waals surface area contributed by atoms with Gasteiger partial charge in [-0.3, -0.25) is 0 Å². The van der Waals surface area contributed by atoms with E-state index in [4.69, 9.17) is 9.47 Å². The van der Waals surface area contributed by atoms with Gasteiger partial charge in [0.25, 0.3) is 6.43 Å². The standard InChI is InChI=1S/C10H11F2NO2/c11-9(12)5-13-4-7-2-1-3-8-10(7)15-6-14-8/h1-3,9,13H,4-6H2. The smallest absolute Gasteiger partial charge is 0.250 e. The zero-order valence-electron chi connectivity index (χ0n) is 8.00. The molecule has 0 aromatic heterocycles. The van der Waals surface area contributed by atoms with Crippen LogP contribution < -0.4 is 14.8 Å². The monoisotopic (exact) mass is 215 g/mol. The number of benzene rings is 1. The van der Waals surface area contributed by atoms with E-state index >= 15 is 0 Å². The lowest BCUT2D eigenvalue weighted by atomic mass is 10.2. The highest BCUT2D eigenvalue weighted by Crippen LogP contribution is 2.35. The number of hydrogen-bond donors (Lipinski definition) is 1. The summed E-state index contributed by atoms with van der Waals surface area (Å²) < 4.78 is 34.2. The van der Waals surface area contributed by atoms with E-state index in [2.05, 4.69) is 5.32 Å². The molecule has 82 valence electrons. The molecule has 1 aliphatic heterocycles. The second-order valence-electron chi connectivity index (χ2n) is 3.17. The molecule has 0 saturated heterocycles. The van der Waals surface area contributed by atoms with E-state index in [-0.39, 0.29) is 13.3 Å². The number of hydrogen-bond acceptors (Lipinski definition) is 3. The van der Waals surface area contributed by atoms with Crippen molar-refractivity contribution in [2.45, 2.75) is 13.0 Å². The van der Waals surface area contributed by atoms with E-state index in [1.807, 2.05) is 12.1 Å². The van der Waals surface area contributed by atoms with Crippen LogP contribution in [0.15, 0.2) is 18.2 Å². The molecule has 0 spiro atoms. The number of fused-ring (bicyclic) bond motifs is 1. The van der Waals surface area contributed by atoms with Crippen LogP contribution in [0.3, 0.4) is 0 Å². The van der Waals surface area contributed by atoms with Gasteiger partial charge in [-0.1, -0.05) is 12.1 Å². The molecule has 15 heavy (non-hydrogen) atoms. The maximum atomic E-state index is 11.9. The third kappa shape index (κ3) is 2.36. The fourth-order valence-electron chi connectivity index (χ4n) is 1.45. The number of halogens is 2. The van der Waals surface area contributed by atoms with Crippen molar-refractivity contribution >= 4 is 0 Å². The predicted octanol–water partition coefficient (Wildman–Crippen LogP) is 1.77. The van der Waals surface area contributed by atoms with Crippen molar-refractivity contribution in [1.82, 2.24) is 5.32 Å². The van der Waals surface area contributed by atoms with Crippen molar-refractivity contribution in [3.05, 3.63) is 23.8 Å². The average molecular weight is 215 g/mol. The van der Waals surface area contributed by atoms with Crippen molar-refractivity contribution in [2.24, 2.45) is 0 Å². The van der Waals surface area contributed by atoms with Crippen LogP contribution >= 0.6 is 0 Å². The zero-order chi connectivity index (χ0) is 10.7. The van der Waals surface area contributed by atoms with Gasteiger partial charge in [0.05, 0.1) is 6.54 Å². The second kappa shape index (κ2) is 4.44. The van der Waals surface area contributed by atoms with Gasteiger partial charge in [-0.25, -0.2) is 8.78 Å². The molecule has 1 heterocycles. The van der Waals surface area contributed by atoms with Crippen LogP contribution in [0.5, 0.6) is 11.5 Å². The first-order valence-electron chi connectivity index (χ1n) is 4.63. The number of nitrogens with one attached hydrogen (secondary N) is 1. The molecule has 5 heteroatoms. The van der Waals surface area contributed by atoms with Gasteiger partial charge in [-0.2, -0.15) is 0 Å². The summed E-state index contributed by atoms with van der Waals surface area (Å²) in [7, 11) is 0. The van der Waals surface area contributed by atoms with Gasteiger partial charge in [0.2, 0.25) is 6.79 Å². The Morgan fingerprint density at radius 2 is 2.20 bits per heavy atom. The summed E-state index contributed by atoms with van der Waals surface area (Å²) in [6.07, 6.45) is -2.33. The van der Waals surface area contributed by atoms with Crippen LogP contribution in [0.1, 0.15) is 5.56 Å². The second-order valence-corrected chi connectivity index (χ2v) is 3.17. The summed E-state index contributed by atoms with van der Waals surface area (Å²) in [4.78, 5) is 0. The Hall–Kier alpha value is -1.36. The molecule has 1 aromatic carbocycles. The number of ether oxygens (including phenoxy) is 2. The molecule has 0 bridgehead atoms. The molecule has 0 saturated carbocycles. The molecular weight excluding hydrogens is 204 g/mol. The molecule has 0 unspecified atom stereocenters. The minimum absolute atomic E-state index is 0.196. The first kappa shape index (κ1) is 10.2. The van der Waals surface area contributed by atoms with E-state index < -0.39 is 6.43 Å². The first-order valence-corrected chi connectivity index (χ1v) is 4.63. The van der Waals surface area contributed by atoms with Crippen molar-refractivity contribution in [3.8, 4) is 11.5 Å². The molecular formula is C10H11F2NO2. The number of para-hydroxylation sites is 1. The minimum Gasteiger partial charge on any atom is -0.454 e. The van der Waals surface area contributed by atoms with E-state index in [1.54, 1.807) is 6.07 Å². The normalized spacial score (nSPS) is 13.5. The van der Waals surface area contributed by atoms with Gasteiger partial charge >= 0.3 is 0 Å². The summed E-state index contributed by atoms with van der Waals surface area (Å²) in [5.74, 6) is 1.32. The Labute approximate surface area is 86.0 Å². The molecule has 0 atom stereocenters. The van der Waals surface area contributed by atoms with Crippen molar-refractivity contribution in [2.75, 3.05) is 13.3 Å². The maximum Gasteiger partial charge on any atom is 0.250 e. The minimum atomic E-state index is -2.33. The zero-order valence-corrected chi connectivity index (χ0v) is 8.00. The Morgan fingerprint density at radius 3 is 3.00 bits per heavy atom. The van der Waals surface area contributed by atoms with Crippen molar-refractivity contribution in [3.63, 3.8) is 0 Å². The fourth-order valence-corrected chi connectivity index (χ4v) is 1.45. The van der Waals surface area contributed by atoms with E-state index in [1.165, 1.54) is 0 Å². The highest BCUT2D eigenvalue weighted by atomic mass is 19.3. The van der Waals surface area contributed by atoms with E-state index in [9.17, 15) is 8.78 Å². The third-order valence-corrected chi connectivity index (χ3v) is 2.09. The van der Waals surface area contributed by atoms with Gasteiger partial charge in [0.1, 0.15) is 0 Å². The molecule has 0 fully saturated rings. The molecule has 0 aliphatic carbocycles. The van der Waals surface area contributed by atoms with Crippen LogP contribution in [0.2, 0.25) is 0 Å². The Kier molecular flexibility index (Phi) is 3.01. The summed E-state index contributed by atoms with van der Waals surface area (Å²) in [6.45, 7) is 0.239. The lowest BCUT2D eigenvalue weighted by molar-refractivity contribution is 0.145. The predicted molar refractivity (Wildman–Crippen MR) is 50.3 cm³/mol. The topological polar surface area (TPSA) is 30.5 Å². The van der Waals surface area contributed by atoms with Crippen LogP contribution in [0, 0.1) is 0 Å². The largest absolute Gasteiger partial charge is 0.454 e. The third-order valence-electron chi connectivity index (χ3n) is 2.09. The van der Waals surface area contributed by atoms with Gasteiger partial charge in [0, 0.05) is 12.1 Å². The fraction of sp³-hybridized carbons (Fsp3) is 0.400. The van der Waals surface area contributed by atoms with Crippen LogP contribution in [0.25, 0.3) is 0 Å². The van der Waals surface area contributed by atoms with Gasteiger partial charge in [-0.15, -0.1) is 0 Å². The number of rotatable bonds is 4. The Bertz CT molecular complexity index is 344. The van der Waals surface area contributed by atoms with Gasteiger partial charge in [-0.05, 0) is 6.07 Å². The maximum absolute atomic E-state index is 11.9. The van der Waals surface area contributed by atoms with Crippen molar-refractivity contribution in [1.29, 1.82) is 0 Å². The SMILES string of the molecule is FC(F)CNCc1cccc2c1OCO2. The van der Waals surface area contributed by atoms with Crippen LogP contribution in [0.4, 0.5) is 8.78 Å². The van der Waals surface area contributed by atoms with Crippen molar-refractivity contribution < 1.29 is 18.3 Å². The van der Waals surface area contributed by atoms with Gasteiger partial charge < -0.3 is 14.8 Å². The van der Waals surface area contributed by atoms with Gasteiger partial charge in [0.15, 0.2) is 11.5 Å². The van der Waals surface area contributed by atoms with Crippen LogP contribution in [-0.4, -0.2) is 19.8 Å². The number of alkyl halides is 2. The molecule has 3 nitrogen and oxygen atoms in total. The molecule has 0 amide bonds. The van der Waals surface area contributed by atoms with Crippen LogP contribution in [-0.2, 0) is 6.54 Å². The lowest BCUT2D eigenvalue weighted by Gasteiger charge is -2.06. The molecule has 1 aromatic rings. The summed E-state index contributed by atoms with van der Waals surface area (Å²) in [6, 6.07) is 5.43. The molecule has 1 N–H and O–H groups in total. The highest BCUT2D eigenvalue weighted by Gasteiger charge is 2.16.